The Labute approximate surface area is 98.7 Å². The van der Waals surface area contributed by atoms with Gasteiger partial charge in [0, 0.05) is 6.61 Å². The molecule has 0 radical (unpaired) electrons. The first-order chi connectivity index (χ1) is 7.29. The second-order valence-corrected chi connectivity index (χ2v) is 5.02. The molecule has 4 N–H and O–H groups in total. The van der Waals surface area contributed by atoms with Gasteiger partial charge in [-0.25, -0.2) is 0 Å². The van der Waals surface area contributed by atoms with E-state index in [0.717, 1.165) is 12.8 Å². The van der Waals surface area contributed by atoms with E-state index in [9.17, 15) is 4.79 Å². The standard InChI is InChI=1S/C12H26N2O2/c1-5-6-9(2)8-16-10(3)7-12(4,14)11(13)15/h9-10H,5-8,14H2,1-4H3,(H2,13,15). The van der Waals surface area contributed by atoms with Crippen LogP contribution >= 0.6 is 0 Å². The van der Waals surface area contributed by atoms with Gasteiger partial charge < -0.3 is 16.2 Å². The Morgan fingerprint density at radius 1 is 1.44 bits per heavy atom. The van der Waals surface area contributed by atoms with Gasteiger partial charge in [-0.15, -0.1) is 0 Å². The van der Waals surface area contributed by atoms with Gasteiger partial charge in [0.2, 0.25) is 5.91 Å². The number of hydrogen-bond donors (Lipinski definition) is 2. The first kappa shape index (κ1) is 15.4. The van der Waals surface area contributed by atoms with Crippen molar-refractivity contribution in [2.24, 2.45) is 17.4 Å². The zero-order valence-corrected chi connectivity index (χ0v) is 11.0. The zero-order valence-electron chi connectivity index (χ0n) is 11.0. The number of hydrogen-bond acceptors (Lipinski definition) is 3. The lowest BCUT2D eigenvalue weighted by Crippen LogP contribution is -2.51. The van der Waals surface area contributed by atoms with Crippen LogP contribution in [-0.4, -0.2) is 24.2 Å². The molecule has 0 aromatic carbocycles. The van der Waals surface area contributed by atoms with E-state index in [-0.39, 0.29) is 6.10 Å². The Bertz CT molecular complexity index is 217. The van der Waals surface area contributed by atoms with Crippen molar-refractivity contribution in [1.29, 1.82) is 0 Å². The van der Waals surface area contributed by atoms with Crippen LogP contribution in [0.2, 0.25) is 0 Å². The highest BCUT2D eigenvalue weighted by Crippen LogP contribution is 2.13. The lowest BCUT2D eigenvalue weighted by Gasteiger charge is -2.25. The molecule has 0 saturated heterocycles. The van der Waals surface area contributed by atoms with Gasteiger partial charge in [-0.3, -0.25) is 4.79 Å². The summed E-state index contributed by atoms with van der Waals surface area (Å²) >= 11 is 0. The van der Waals surface area contributed by atoms with Gasteiger partial charge in [0.25, 0.3) is 0 Å². The molecule has 1 amide bonds. The smallest absolute Gasteiger partial charge is 0.237 e. The highest BCUT2D eigenvalue weighted by molar-refractivity contribution is 5.83. The predicted molar refractivity (Wildman–Crippen MR) is 65.9 cm³/mol. The highest BCUT2D eigenvalue weighted by Gasteiger charge is 2.28. The molecule has 3 unspecified atom stereocenters. The molecule has 4 nitrogen and oxygen atoms in total. The number of nitrogens with two attached hydrogens (primary N) is 2. The molecule has 0 aromatic rings. The maximum absolute atomic E-state index is 11.0. The van der Waals surface area contributed by atoms with Crippen molar-refractivity contribution >= 4 is 5.91 Å². The highest BCUT2D eigenvalue weighted by atomic mass is 16.5. The Hall–Kier alpha value is -0.610. The molecular formula is C12H26N2O2. The summed E-state index contributed by atoms with van der Waals surface area (Å²) in [6.07, 6.45) is 2.74. The van der Waals surface area contributed by atoms with E-state index in [1.54, 1.807) is 6.92 Å². The molecule has 0 fully saturated rings. The van der Waals surface area contributed by atoms with Crippen LogP contribution in [0.4, 0.5) is 0 Å². The predicted octanol–water partition coefficient (Wildman–Crippen LogP) is 1.42. The molecule has 0 rings (SSSR count). The van der Waals surface area contributed by atoms with Crippen LogP contribution in [0.3, 0.4) is 0 Å². The second-order valence-electron chi connectivity index (χ2n) is 5.02. The van der Waals surface area contributed by atoms with Gasteiger partial charge in [-0.1, -0.05) is 20.3 Å². The van der Waals surface area contributed by atoms with Gasteiger partial charge in [0.1, 0.15) is 0 Å². The summed E-state index contributed by atoms with van der Waals surface area (Å²) in [5.41, 5.74) is 9.99. The van der Waals surface area contributed by atoms with E-state index in [0.29, 0.717) is 18.9 Å². The third-order valence-electron chi connectivity index (χ3n) is 2.72. The average Bonchev–Trinajstić information content (AvgIpc) is 2.14. The third-order valence-corrected chi connectivity index (χ3v) is 2.72. The van der Waals surface area contributed by atoms with Crippen molar-refractivity contribution in [3.63, 3.8) is 0 Å². The monoisotopic (exact) mass is 230 g/mol. The fourth-order valence-corrected chi connectivity index (χ4v) is 1.66. The molecule has 96 valence electrons. The SMILES string of the molecule is CCCC(C)COC(C)CC(C)(N)C(N)=O. The Morgan fingerprint density at radius 2 is 2.00 bits per heavy atom. The quantitative estimate of drug-likeness (QED) is 0.662. The molecule has 0 aliphatic heterocycles. The van der Waals surface area contributed by atoms with E-state index in [4.69, 9.17) is 16.2 Å². The minimum absolute atomic E-state index is 0.0400. The maximum atomic E-state index is 11.0. The number of rotatable bonds is 8. The first-order valence-electron chi connectivity index (χ1n) is 6.00. The zero-order chi connectivity index (χ0) is 12.8. The van der Waals surface area contributed by atoms with Gasteiger partial charge in [-0.05, 0) is 32.6 Å². The van der Waals surface area contributed by atoms with Gasteiger partial charge in [-0.2, -0.15) is 0 Å². The number of primary amides is 1. The van der Waals surface area contributed by atoms with Crippen LogP contribution in [0.25, 0.3) is 0 Å². The van der Waals surface area contributed by atoms with E-state index in [1.165, 1.54) is 0 Å². The summed E-state index contributed by atoms with van der Waals surface area (Å²) in [7, 11) is 0. The summed E-state index contributed by atoms with van der Waals surface area (Å²) < 4.78 is 5.65. The largest absolute Gasteiger partial charge is 0.378 e. The summed E-state index contributed by atoms with van der Waals surface area (Å²) in [4.78, 5) is 11.0. The van der Waals surface area contributed by atoms with E-state index in [1.807, 2.05) is 6.92 Å². The fourth-order valence-electron chi connectivity index (χ4n) is 1.66. The van der Waals surface area contributed by atoms with E-state index in [2.05, 4.69) is 13.8 Å². The van der Waals surface area contributed by atoms with Crippen LogP contribution < -0.4 is 11.5 Å². The molecule has 0 bridgehead atoms. The minimum Gasteiger partial charge on any atom is -0.378 e. The molecule has 0 saturated carbocycles. The van der Waals surface area contributed by atoms with Crippen LogP contribution in [0, 0.1) is 5.92 Å². The van der Waals surface area contributed by atoms with E-state index >= 15 is 0 Å². The van der Waals surface area contributed by atoms with Crippen molar-refractivity contribution in [2.45, 2.75) is 58.6 Å². The minimum atomic E-state index is -0.979. The van der Waals surface area contributed by atoms with Crippen molar-refractivity contribution < 1.29 is 9.53 Å². The Morgan fingerprint density at radius 3 is 2.44 bits per heavy atom. The summed E-state index contributed by atoms with van der Waals surface area (Å²) in [6, 6.07) is 0. The number of amides is 1. The summed E-state index contributed by atoms with van der Waals surface area (Å²) in [5.74, 6) is 0.0645. The van der Waals surface area contributed by atoms with Crippen LogP contribution in [0.5, 0.6) is 0 Å². The topological polar surface area (TPSA) is 78.3 Å². The average molecular weight is 230 g/mol. The first-order valence-corrected chi connectivity index (χ1v) is 6.00. The van der Waals surface area contributed by atoms with Gasteiger partial charge >= 0.3 is 0 Å². The molecule has 0 spiro atoms. The van der Waals surface area contributed by atoms with E-state index < -0.39 is 11.4 Å². The molecular weight excluding hydrogens is 204 g/mol. The number of carbonyl (C=O) groups is 1. The number of ether oxygens (including phenoxy) is 1. The van der Waals surface area contributed by atoms with Crippen LogP contribution in [0.15, 0.2) is 0 Å². The van der Waals surface area contributed by atoms with Gasteiger partial charge in [0.15, 0.2) is 0 Å². The third kappa shape index (κ3) is 6.08. The lowest BCUT2D eigenvalue weighted by atomic mass is 9.95. The second kappa shape index (κ2) is 6.86. The summed E-state index contributed by atoms with van der Waals surface area (Å²) in [5, 5.41) is 0. The molecule has 16 heavy (non-hydrogen) atoms. The molecule has 0 aliphatic rings. The Balaban J connectivity index is 3.90. The maximum Gasteiger partial charge on any atom is 0.237 e. The van der Waals surface area contributed by atoms with Gasteiger partial charge in [0.05, 0.1) is 11.6 Å². The molecule has 0 aliphatic carbocycles. The molecule has 3 atom stereocenters. The van der Waals surface area contributed by atoms with Crippen molar-refractivity contribution in [1.82, 2.24) is 0 Å². The molecule has 0 heterocycles. The number of carbonyl (C=O) groups excluding carboxylic acids is 1. The lowest BCUT2D eigenvalue weighted by molar-refractivity contribution is -0.124. The van der Waals surface area contributed by atoms with Crippen LogP contribution in [0.1, 0.15) is 47.0 Å². The molecule has 0 aromatic heterocycles. The summed E-state index contributed by atoms with van der Waals surface area (Å²) in [6.45, 7) is 8.59. The molecule has 4 heteroatoms. The van der Waals surface area contributed by atoms with Crippen molar-refractivity contribution in [3.8, 4) is 0 Å². The normalized spacial score (nSPS) is 18.8. The fraction of sp³-hybridized carbons (Fsp3) is 0.917. The van der Waals surface area contributed by atoms with Crippen molar-refractivity contribution in [2.75, 3.05) is 6.61 Å². The Kier molecular flexibility index (Phi) is 6.60. The van der Waals surface area contributed by atoms with Crippen LogP contribution in [-0.2, 0) is 9.53 Å². The van der Waals surface area contributed by atoms with Crippen molar-refractivity contribution in [3.05, 3.63) is 0 Å².